The van der Waals surface area contributed by atoms with Crippen molar-refractivity contribution < 1.29 is 14.3 Å². The summed E-state index contributed by atoms with van der Waals surface area (Å²) in [6.45, 7) is 8.51. The number of anilines is 2. The van der Waals surface area contributed by atoms with Crippen molar-refractivity contribution in [3.8, 4) is 0 Å². The third-order valence-electron chi connectivity index (χ3n) is 2.32. The van der Waals surface area contributed by atoms with Gasteiger partial charge in [0.25, 0.3) is 0 Å². The molecule has 6 heteroatoms. The van der Waals surface area contributed by atoms with Crippen molar-refractivity contribution in [1.29, 1.82) is 0 Å². The molecular weight excluding hydrogens is 280 g/mol. The maximum atomic E-state index is 11.8. The summed E-state index contributed by atoms with van der Waals surface area (Å²) in [6.07, 6.45) is -0.573. The first-order chi connectivity index (χ1) is 9.08. The topological polar surface area (TPSA) is 67.4 Å². The largest absolute Gasteiger partial charge is 0.444 e. The van der Waals surface area contributed by atoms with Gasteiger partial charge in [0.05, 0.1) is 5.69 Å². The number of carbonyl (C=O) groups is 2. The van der Waals surface area contributed by atoms with Crippen LogP contribution in [0.3, 0.4) is 0 Å². The third kappa shape index (κ3) is 5.09. The van der Waals surface area contributed by atoms with Crippen LogP contribution in [0.5, 0.6) is 0 Å². The van der Waals surface area contributed by atoms with Gasteiger partial charge in [0.2, 0.25) is 5.91 Å². The second kappa shape index (κ2) is 6.13. The number of rotatable bonds is 2. The van der Waals surface area contributed by atoms with Crippen LogP contribution in [0.25, 0.3) is 0 Å². The first kappa shape index (κ1) is 16.3. The van der Waals surface area contributed by atoms with E-state index in [0.29, 0.717) is 22.0 Å². The fraction of sp³-hybridized carbons (Fsp3) is 0.429. The number of benzene rings is 1. The molecule has 5 nitrogen and oxygen atoms in total. The van der Waals surface area contributed by atoms with E-state index in [9.17, 15) is 9.59 Å². The van der Waals surface area contributed by atoms with Crippen LogP contribution in [0.4, 0.5) is 16.2 Å². The van der Waals surface area contributed by atoms with Crippen molar-refractivity contribution >= 4 is 35.0 Å². The predicted octanol–water partition coefficient (Wildman–Crippen LogP) is 3.95. The van der Waals surface area contributed by atoms with Crippen LogP contribution in [0.1, 0.15) is 33.3 Å². The Morgan fingerprint density at radius 2 is 1.65 bits per heavy atom. The van der Waals surface area contributed by atoms with Gasteiger partial charge >= 0.3 is 6.09 Å². The number of ether oxygens (including phenoxy) is 1. The molecule has 0 bridgehead atoms. The van der Waals surface area contributed by atoms with Crippen molar-refractivity contribution in [2.75, 3.05) is 10.6 Å². The van der Waals surface area contributed by atoms with Gasteiger partial charge in [0.15, 0.2) is 0 Å². The highest BCUT2D eigenvalue weighted by Gasteiger charge is 2.17. The smallest absolute Gasteiger partial charge is 0.412 e. The fourth-order valence-electron chi connectivity index (χ4n) is 1.54. The molecule has 20 heavy (non-hydrogen) atoms. The number of halogens is 1. The maximum absolute atomic E-state index is 11.8. The molecule has 2 N–H and O–H groups in total. The molecule has 0 fully saturated rings. The highest BCUT2D eigenvalue weighted by Crippen LogP contribution is 2.29. The van der Waals surface area contributed by atoms with E-state index in [-0.39, 0.29) is 5.91 Å². The lowest BCUT2D eigenvalue weighted by Gasteiger charge is -2.20. The van der Waals surface area contributed by atoms with Crippen LogP contribution < -0.4 is 10.6 Å². The Morgan fingerprint density at radius 3 is 2.10 bits per heavy atom. The van der Waals surface area contributed by atoms with Gasteiger partial charge in [-0.05, 0) is 45.4 Å². The molecule has 0 aromatic heterocycles. The van der Waals surface area contributed by atoms with Gasteiger partial charge in [0.1, 0.15) is 5.60 Å². The van der Waals surface area contributed by atoms with E-state index in [1.165, 1.54) is 6.92 Å². The number of amides is 2. The van der Waals surface area contributed by atoms with Crippen molar-refractivity contribution in [2.45, 2.75) is 40.2 Å². The molecule has 0 atom stereocenters. The van der Waals surface area contributed by atoms with Crippen LogP contribution in [-0.2, 0) is 9.53 Å². The molecule has 1 rings (SSSR count). The van der Waals surface area contributed by atoms with Crippen LogP contribution in [0.2, 0.25) is 5.02 Å². The summed E-state index contributed by atoms with van der Waals surface area (Å²) >= 11 is 5.98. The standard InChI is InChI=1S/C14H19ClN2O3/c1-8-11(16-9(2)18)6-10(15)7-12(8)17-13(19)20-14(3,4)5/h6-7H,1-5H3,(H,16,18)(H,17,19). The minimum atomic E-state index is -0.586. The molecule has 0 spiro atoms. The summed E-state index contributed by atoms with van der Waals surface area (Å²) in [5.41, 5.74) is 1.17. The van der Waals surface area contributed by atoms with Gasteiger partial charge in [-0.2, -0.15) is 0 Å². The minimum absolute atomic E-state index is 0.210. The molecule has 1 aromatic carbocycles. The van der Waals surface area contributed by atoms with Crippen LogP contribution in [0.15, 0.2) is 12.1 Å². The molecular formula is C14H19ClN2O3. The van der Waals surface area contributed by atoms with Gasteiger partial charge in [-0.15, -0.1) is 0 Å². The lowest BCUT2D eigenvalue weighted by molar-refractivity contribution is -0.114. The SMILES string of the molecule is CC(=O)Nc1cc(Cl)cc(NC(=O)OC(C)(C)C)c1C. The van der Waals surface area contributed by atoms with Gasteiger partial charge in [0, 0.05) is 17.6 Å². The van der Waals surface area contributed by atoms with Crippen molar-refractivity contribution in [2.24, 2.45) is 0 Å². The number of carbonyl (C=O) groups excluding carboxylic acids is 2. The third-order valence-corrected chi connectivity index (χ3v) is 2.54. The zero-order valence-corrected chi connectivity index (χ0v) is 13.0. The molecule has 0 aliphatic heterocycles. The minimum Gasteiger partial charge on any atom is -0.444 e. The summed E-state index contributed by atoms with van der Waals surface area (Å²) in [5.74, 6) is -0.210. The van der Waals surface area contributed by atoms with E-state index in [1.807, 2.05) is 0 Å². The first-order valence-corrected chi connectivity index (χ1v) is 6.54. The molecule has 1 aromatic rings. The molecule has 2 amide bonds. The van der Waals surface area contributed by atoms with E-state index in [0.717, 1.165) is 0 Å². The first-order valence-electron chi connectivity index (χ1n) is 6.16. The van der Waals surface area contributed by atoms with Gasteiger partial charge < -0.3 is 10.1 Å². The zero-order chi connectivity index (χ0) is 15.5. The molecule has 0 saturated carbocycles. The lowest BCUT2D eigenvalue weighted by Crippen LogP contribution is -2.27. The quantitative estimate of drug-likeness (QED) is 0.868. The normalized spacial score (nSPS) is 10.9. The van der Waals surface area contributed by atoms with Crippen LogP contribution in [-0.4, -0.2) is 17.6 Å². The van der Waals surface area contributed by atoms with E-state index in [1.54, 1.807) is 39.8 Å². The molecule has 0 radical (unpaired) electrons. The van der Waals surface area contributed by atoms with Gasteiger partial charge in [-0.1, -0.05) is 11.6 Å². The lowest BCUT2D eigenvalue weighted by atomic mass is 10.1. The number of hydrogen-bond donors (Lipinski definition) is 2. The fourth-order valence-corrected chi connectivity index (χ4v) is 1.76. The van der Waals surface area contributed by atoms with E-state index in [2.05, 4.69) is 10.6 Å². The average molecular weight is 299 g/mol. The monoisotopic (exact) mass is 298 g/mol. The Morgan fingerprint density at radius 1 is 1.15 bits per heavy atom. The molecule has 0 heterocycles. The van der Waals surface area contributed by atoms with E-state index < -0.39 is 11.7 Å². The molecule has 0 saturated heterocycles. The molecule has 0 aliphatic carbocycles. The van der Waals surface area contributed by atoms with Crippen LogP contribution in [0, 0.1) is 6.92 Å². The Hall–Kier alpha value is -1.75. The molecule has 110 valence electrons. The van der Waals surface area contributed by atoms with E-state index in [4.69, 9.17) is 16.3 Å². The van der Waals surface area contributed by atoms with Crippen molar-refractivity contribution in [3.63, 3.8) is 0 Å². The summed E-state index contributed by atoms with van der Waals surface area (Å²) in [6, 6.07) is 3.23. The van der Waals surface area contributed by atoms with Crippen molar-refractivity contribution in [3.05, 3.63) is 22.7 Å². The van der Waals surface area contributed by atoms with Gasteiger partial charge in [-0.25, -0.2) is 4.79 Å². The predicted molar refractivity (Wildman–Crippen MR) is 80.3 cm³/mol. The Balaban J connectivity index is 2.98. The summed E-state index contributed by atoms with van der Waals surface area (Å²) in [4.78, 5) is 22.9. The zero-order valence-electron chi connectivity index (χ0n) is 12.3. The highest BCUT2D eigenvalue weighted by atomic mass is 35.5. The maximum Gasteiger partial charge on any atom is 0.412 e. The van der Waals surface area contributed by atoms with E-state index >= 15 is 0 Å². The summed E-state index contributed by atoms with van der Waals surface area (Å²) in [7, 11) is 0. The summed E-state index contributed by atoms with van der Waals surface area (Å²) in [5, 5.41) is 5.69. The number of hydrogen-bond acceptors (Lipinski definition) is 3. The molecule has 0 unspecified atom stereocenters. The Labute approximate surface area is 123 Å². The Kier molecular flexibility index (Phi) is 5.00. The average Bonchev–Trinajstić information content (AvgIpc) is 2.21. The summed E-state index contributed by atoms with van der Waals surface area (Å²) < 4.78 is 5.18. The Bertz CT molecular complexity index is 536. The highest BCUT2D eigenvalue weighted by molar-refractivity contribution is 6.31. The molecule has 0 aliphatic rings. The van der Waals surface area contributed by atoms with Crippen LogP contribution >= 0.6 is 11.6 Å². The second-order valence-corrected chi connectivity index (χ2v) is 5.87. The second-order valence-electron chi connectivity index (χ2n) is 5.43. The number of nitrogens with one attached hydrogen (secondary N) is 2. The van der Waals surface area contributed by atoms with Gasteiger partial charge in [-0.3, -0.25) is 10.1 Å². The van der Waals surface area contributed by atoms with Crippen molar-refractivity contribution in [1.82, 2.24) is 0 Å².